The number of aliphatic hydroxyl groups excluding tert-OH is 2. The molecule has 1 aliphatic rings. The van der Waals surface area contributed by atoms with Gasteiger partial charge in [0.15, 0.2) is 6.23 Å². The number of carbonyl (C=O) groups is 6. The summed E-state index contributed by atoms with van der Waals surface area (Å²) in [6, 6.07) is 21.6. The van der Waals surface area contributed by atoms with Crippen LogP contribution in [0.3, 0.4) is 0 Å². The standard InChI is InChI=1S/C49H60FN7O14/c1-4-29(2)38(46(64)68-28-37-39(58)40(59)45(71-37)57-25-34(50)42(61)56-47(57)65)55-41(60)30(3)52-44(63)36(24-31-16-8-5-9-17-31)53-43(62)35(54-49(67)70-27-33-20-12-7-13-21-33)22-14-15-23-51-48(66)69-26-32-18-10-6-11-19-32/h5-13,16-21,25,29-30,35-40,45,58-59H,4,14-15,22-24,26-28H2,1-3H3,(H,51,66)(H,52,63)(H,53,62)(H,54,67)(H,55,60)(H,56,61,65)/t29-,30-,35-,36-,37+,38-,39+,40+,45+/m0/s1. The molecule has 0 saturated carbocycles. The molecule has 5 amide bonds. The zero-order valence-electron chi connectivity index (χ0n) is 39.4. The molecule has 1 aromatic heterocycles. The Labute approximate surface area is 407 Å². The molecule has 0 radical (unpaired) electrons. The van der Waals surface area contributed by atoms with Gasteiger partial charge in [0.05, 0.1) is 6.20 Å². The third-order valence-electron chi connectivity index (χ3n) is 11.6. The first-order chi connectivity index (χ1) is 34.0. The molecule has 71 heavy (non-hydrogen) atoms. The summed E-state index contributed by atoms with van der Waals surface area (Å²) in [4.78, 5) is 106. The summed E-state index contributed by atoms with van der Waals surface area (Å²) in [6.07, 6.45) is -6.50. The number of aliphatic hydroxyl groups is 2. The maximum Gasteiger partial charge on any atom is 0.408 e. The van der Waals surface area contributed by atoms with E-state index in [4.69, 9.17) is 18.9 Å². The molecule has 382 valence electrons. The van der Waals surface area contributed by atoms with Crippen molar-refractivity contribution in [1.29, 1.82) is 0 Å². The molecule has 1 saturated heterocycles. The van der Waals surface area contributed by atoms with Crippen LogP contribution in [0.4, 0.5) is 14.0 Å². The van der Waals surface area contributed by atoms with Crippen LogP contribution in [0.25, 0.3) is 0 Å². The maximum absolute atomic E-state index is 14.1. The van der Waals surface area contributed by atoms with Crippen LogP contribution in [0.2, 0.25) is 0 Å². The predicted molar refractivity (Wildman–Crippen MR) is 251 cm³/mol. The van der Waals surface area contributed by atoms with Crippen molar-refractivity contribution in [2.24, 2.45) is 5.92 Å². The van der Waals surface area contributed by atoms with Crippen LogP contribution >= 0.6 is 0 Å². The van der Waals surface area contributed by atoms with Crippen LogP contribution in [-0.2, 0) is 57.8 Å². The largest absolute Gasteiger partial charge is 0.461 e. The van der Waals surface area contributed by atoms with Gasteiger partial charge in [0.1, 0.15) is 62.3 Å². The van der Waals surface area contributed by atoms with Gasteiger partial charge in [-0.05, 0) is 48.8 Å². The minimum absolute atomic E-state index is 0.0365. The molecule has 0 aliphatic carbocycles. The fourth-order valence-corrected chi connectivity index (χ4v) is 7.27. The Kier molecular flexibility index (Phi) is 20.8. The topological polar surface area (TPSA) is 295 Å². The second-order valence-electron chi connectivity index (χ2n) is 16.9. The Bertz CT molecular complexity index is 2520. The molecular formula is C49H60FN7O14. The number of H-pyrrole nitrogens is 1. The Morgan fingerprint density at radius 1 is 0.718 bits per heavy atom. The van der Waals surface area contributed by atoms with E-state index in [9.17, 15) is 53.0 Å². The van der Waals surface area contributed by atoms with Crippen molar-refractivity contribution in [2.75, 3.05) is 13.2 Å². The minimum Gasteiger partial charge on any atom is -0.461 e. The summed E-state index contributed by atoms with van der Waals surface area (Å²) in [5, 5.41) is 34.4. The van der Waals surface area contributed by atoms with Gasteiger partial charge in [-0.15, -0.1) is 0 Å². The molecule has 1 aliphatic heterocycles. The SMILES string of the molecule is CC[C@H](C)[C@H](NC(=O)[C@H](C)NC(=O)[C@H](Cc1ccccc1)NC(=O)[C@H](CCCCNC(=O)OCc1ccccc1)NC(=O)OCc1ccccc1)C(=O)OC[C@H]1O[C@@H](n2cc(F)c(=O)[nH]c2=O)[C@H](O)[C@@H]1O. The number of aromatic amines is 1. The molecule has 9 atom stereocenters. The van der Waals surface area contributed by atoms with E-state index < -0.39 is 114 Å². The summed E-state index contributed by atoms with van der Waals surface area (Å²) in [6.45, 7) is 4.28. The van der Waals surface area contributed by atoms with Gasteiger partial charge in [-0.25, -0.2) is 19.2 Å². The van der Waals surface area contributed by atoms with Gasteiger partial charge in [-0.3, -0.25) is 28.7 Å². The van der Waals surface area contributed by atoms with E-state index in [1.165, 1.54) is 6.92 Å². The van der Waals surface area contributed by atoms with Gasteiger partial charge in [0.25, 0.3) is 5.56 Å². The number of hydrogen-bond acceptors (Lipinski definition) is 14. The van der Waals surface area contributed by atoms with Gasteiger partial charge in [-0.1, -0.05) is 111 Å². The highest BCUT2D eigenvalue weighted by Crippen LogP contribution is 2.29. The summed E-state index contributed by atoms with van der Waals surface area (Å²) >= 11 is 0. The number of aromatic nitrogens is 2. The van der Waals surface area contributed by atoms with Crippen LogP contribution in [0.1, 0.15) is 69.4 Å². The number of ether oxygens (including phenoxy) is 4. The first kappa shape index (κ1) is 54.5. The molecule has 21 nitrogen and oxygen atoms in total. The molecule has 8 N–H and O–H groups in total. The highest BCUT2D eigenvalue weighted by Gasteiger charge is 2.45. The predicted octanol–water partition coefficient (Wildman–Crippen LogP) is 1.99. The lowest BCUT2D eigenvalue weighted by molar-refractivity contribution is -0.155. The van der Waals surface area contributed by atoms with E-state index in [0.29, 0.717) is 41.2 Å². The van der Waals surface area contributed by atoms with E-state index in [1.54, 1.807) is 79.5 Å². The number of rotatable bonds is 24. The minimum atomic E-state index is -1.80. The summed E-state index contributed by atoms with van der Waals surface area (Å²) in [5.74, 6) is -5.19. The van der Waals surface area contributed by atoms with E-state index in [2.05, 4.69) is 26.6 Å². The van der Waals surface area contributed by atoms with Gasteiger partial charge >= 0.3 is 23.8 Å². The molecule has 5 rings (SSSR count). The van der Waals surface area contributed by atoms with Crippen molar-refractivity contribution in [3.05, 3.63) is 141 Å². The number of benzene rings is 3. The number of nitrogens with zero attached hydrogens (tertiary/aromatic N) is 1. The second-order valence-corrected chi connectivity index (χ2v) is 16.9. The molecule has 0 unspecified atom stereocenters. The van der Waals surface area contributed by atoms with Crippen molar-refractivity contribution in [2.45, 2.75) is 115 Å². The van der Waals surface area contributed by atoms with Crippen LogP contribution in [0.15, 0.2) is 107 Å². The van der Waals surface area contributed by atoms with E-state index in [-0.39, 0.29) is 32.6 Å². The zero-order chi connectivity index (χ0) is 51.5. The fourth-order valence-electron chi connectivity index (χ4n) is 7.27. The lowest BCUT2D eigenvalue weighted by atomic mass is 9.98. The Morgan fingerprint density at radius 2 is 1.30 bits per heavy atom. The fraction of sp³-hybridized carbons (Fsp3) is 0.429. The highest BCUT2D eigenvalue weighted by atomic mass is 19.1. The number of amides is 5. The van der Waals surface area contributed by atoms with Crippen molar-refractivity contribution >= 4 is 35.9 Å². The van der Waals surface area contributed by atoms with E-state index >= 15 is 0 Å². The number of nitrogens with one attached hydrogen (secondary N) is 6. The number of halogens is 1. The van der Waals surface area contributed by atoms with Gasteiger partial charge in [0.2, 0.25) is 23.5 Å². The molecule has 2 heterocycles. The summed E-state index contributed by atoms with van der Waals surface area (Å²) in [5.41, 5.74) is -0.267. The van der Waals surface area contributed by atoms with Crippen LogP contribution in [0.5, 0.6) is 0 Å². The molecule has 4 aromatic rings. The Hall–Kier alpha value is -7.43. The molecule has 0 bridgehead atoms. The van der Waals surface area contributed by atoms with Crippen molar-refractivity contribution < 1.29 is 62.3 Å². The van der Waals surface area contributed by atoms with Crippen LogP contribution in [-0.4, -0.2) is 111 Å². The van der Waals surface area contributed by atoms with E-state index in [0.717, 1.165) is 5.56 Å². The van der Waals surface area contributed by atoms with Crippen molar-refractivity contribution in [1.82, 2.24) is 36.1 Å². The smallest absolute Gasteiger partial charge is 0.408 e. The lowest BCUT2D eigenvalue weighted by Gasteiger charge is -2.27. The van der Waals surface area contributed by atoms with Gasteiger partial charge < -0.3 is 55.7 Å². The lowest BCUT2D eigenvalue weighted by Crippen LogP contribution is -2.58. The number of unbranched alkanes of at least 4 members (excludes halogenated alkanes) is 1. The average molecular weight is 990 g/mol. The number of hydrogen-bond donors (Lipinski definition) is 8. The van der Waals surface area contributed by atoms with Gasteiger partial charge in [0, 0.05) is 13.0 Å². The monoisotopic (exact) mass is 989 g/mol. The zero-order valence-corrected chi connectivity index (χ0v) is 39.4. The first-order valence-corrected chi connectivity index (χ1v) is 23.1. The van der Waals surface area contributed by atoms with Crippen LogP contribution < -0.4 is 37.8 Å². The number of carbonyl (C=O) groups excluding carboxylic acids is 6. The van der Waals surface area contributed by atoms with Gasteiger partial charge in [-0.2, -0.15) is 4.39 Å². The molecular weight excluding hydrogens is 930 g/mol. The van der Waals surface area contributed by atoms with Crippen LogP contribution in [0, 0.1) is 11.7 Å². The highest BCUT2D eigenvalue weighted by molar-refractivity contribution is 5.94. The molecule has 3 aromatic carbocycles. The molecule has 1 fully saturated rings. The summed E-state index contributed by atoms with van der Waals surface area (Å²) < 4.78 is 36.1. The molecule has 0 spiro atoms. The molecule has 22 heteroatoms. The maximum atomic E-state index is 14.1. The quantitative estimate of drug-likeness (QED) is 0.0283. The number of alkyl carbamates (subject to hydrolysis) is 2. The van der Waals surface area contributed by atoms with Crippen molar-refractivity contribution in [3.8, 4) is 0 Å². The first-order valence-electron chi connectivity index (χ1n) is 23.1. The van der Waals surface area contributed by atoms with E-state index in [1.807, 2.05) is 30.3 Å². The Morgan fingerprint density at radius 3 is 1.90 bits per heavy atom. The Balaban J connectivity index is 1.21. The number of esters is 1. The third kappa shape index (κ3) is 16.6. The second kappa shape index (κ2) is 27.1. The normalized spacial score (nSPS) is 18.3. The van der Waals surface area contributed by atoms with Crippen molar-refractivity contribution in [3.63, 3.8) is 0 Å². The third-order valence-corrected chi connectivity index (χ3v) is 11.6. The summed E-state index contributed by atoms with van der Waals surface area (Å²) in [7, 11) is 0. The average Bonchev–Trinajstić information content (AvgIpc) is 3.65.